The van der Waals surface area contributed by atoms with E-state index in [9.17, 15) is 0 Å². The summed E-state index contributed by atoms with van der Waals surface area (Å²) in [5.41, 5.74) is 8.30. The molecule has 3 heteroatoms. The molecular formula is C22H15ClN2. The van der Waals surface area contributed by atoms with Gasteiger partial charge in [0.05, 0.1) is 17.1 Å². The molecule has 0 aliphatic heterocycles. The van der Waals surface area contributed by atoms with Gasteiger partial charge in [0.15, 0.2) is 0 Å². The van der Waals surface area contributed by atoms with Crippen molar-refractivity contribution < 1.29 is 0 Å². The number of hydrogen-bond acceptors (Lipinski definition) is 1. The van der Waals surface area contributed by atoms with Crippen LogP contribution in [0.15, 0.2) is 78.9 Å². The van der Waals surface area contributed by atoms with Crippen molar-refractivity contribution in [3.05, 3.63) is 95.0 Å². The maximum absolute atomic E-state index is 6.10. The van der Waals surface area contributed by atoms with Gasteiger partial charge in [0, 0.05) is 28.1 Å². The fourth-order valence-electron chi connectivity index (χ4n) is 3.59. The van der Waals surface area contributed by atoms with Gasteiger partial charge in [-0.05, 0) is 29.8 Å². The van der Waals surface area contributed by atoms with E-state index in [1.165, 1.54) is 16.7 Å². The summed E-state index contributed by atoms with van der Waals surface area (Å²) >= 11 is 6.10. The van der Waals surface area contributed by atoms with Crippen LogP contribution >= 0.6 is 11.6 Å². The number of fused-ring (bicyclic) bond motifs is 3. The number of para-hydroxylation sites is 1. The summed E-state index contributed by atoms with van der Waals surface area (Å²) in [5.74, 6) is 0. The summed E-state index contributed by atoms with van der Waals surface area (Å²) in [7, 11) is 0. The highest BCUT2D eigenvalue weighted by Crippen LogP contribution is 2.42. The lowest BCUT2D eigenvalue weighted by molar-refractivity contribution is 0.889. The lowest BCUT2D eigenvalue weighted by Gasteiger charge is -2.10. The van der Waals surface area contributed by atoms with Gasteiger partial charge in [-0.1, -0.05) is 66.2 Å². The predicted molar refractivity (Wildman–Crippen MR) is 102 cm³/mol. The van der Waals surface area contributed by atoms with Gasteiger partial charge in [0.1, 0.15) is 0 Å². The molecule has 2 nitrogen and oxygen atoms in total. The van der Waals surface area contributed by atoms with Crippen LogP contribution in [0.25, 0.3) is 28.2 Å². The summed E-state index contributed by atoms with van der Waals surface area (Å²) in [6, 6.07) is 26.8. The largest absolute Gasteiger partial charge is 0.232 e. The zero-order valence-electron chi connectivity index (χ0n) is 13.5. The molecule has 4 aromatic rings. The highest BCUT2D eigenvalue weighted by Gasteiger charge is 2.27. The van der Waals surface area contributed by atoms with Crippen LogP contribution in [0, 0.1) is 0 Å². The van der Waals surface area contributed by atoms with E-state index in [1.54, 1.807) is 0 Å². The van der Waals surface area contributed by atoms with Gasteiger partial charge in [-0.25, -0.2) is 4.68 Å². The zero-order valence-corrected chi connectivity index (χ0v) is 14.2. The minimum Gasteiger partial charge on any atom is -0.232 e. The quantitative estimate of drug-likeness (QED) is 0.398. The Morgan fingerprint density at radius 3 is 2.32 bits per heavy atom. The summed E-state index contributed by atoms with van der Waals surface area (Å²) in [4.78, 5) is 0. The SMILES string of the molecule is Clc1ccc(-c2c3c(nn2-c2ccccc2)-c2ccccc2C3)cc1. The third-order valence-corrected chi connectivity index (χ3v) is 4.99. The molecule has 0 unspecified atom stereocenters. The summed E-state index contributed by atoms with van der Waals surface area (Å²) < 4.78 is 2.06. The molecule has 3 aromatic carbocycles. The third kappa shape index (κ3) is 2.30. The number of rotatable bonds is 2. The second-order valence-electron chi connectivity index (χ2n) is 6.26. The maximum atomic E-state index is 6.10. The van der Waals surface area contributed by atoms with Gasteiger partial charge in [0.2, 0.25) is 0 Å². The molecule has 120 valence electrons. The Morgan fingerprint density at radius 1 is 0.800 bits per heavy atom. The second kappa shape index (κ2) is 5.61. The Bertz CT molecular complexity index is 1060. The van der Waals surface area contributed by atoms with E-state index in [2.05, 4.69) is 53.2 Å². The van der Waals surface area contributed by atoms with E-state index in [1.807, 2.05) is 30.3 Å². The molecule has 0 atom stereocenters. The minimum atomic E-state index is 0.745. The topological polar surface area (TPSA) is 17.8 Å². The fraction of sp³-hybridized carbons (Fsp3) is 0.0455. The number of nitrogens with zero attached hydrogens (tertiary/aromatic N) is 2. The van der Waals surface area contributed by atoms with Crippen molar-refractivity contribution in [3.8, 4) is 28.2 Å². The molecule has 0 amide bonds. The van der Waals surface area contributed by atoms with Crippen molar-refractivity contribution in [3.63, 3.8) is 0 Å². The van der Waals surface area contributed by atoms with E-state index < -0.39 is 0 Å². The molecule has 25 heavy (non-hydrogen) atoms. The summed E-state index contributed by atoms with van der Waals surface area (Å²) in [5, 5.41) is 5.73. The Labute approximate surface area is 151 Å². The first-order valence-corrected chi connectivity index (χ1v) is 8.70. The normalized spacial score (nSPS) is 12.0. The van der Waals surface area contributed by atoms with Crippen LogP contribution in [-0.4, -0.2) is 9.78 Å². The Balaban J connectivity index is 1.79. The van der Waals surface area contributed by atoms with Crippen LogP contribution < -0.4 is 0 Å². The Morgan fingerprint density at radius 2 is 1.52 bits per heavy atom. The first-order valence-electron chi connectivity index (χ1n) is 8.33. The number of aromatic nitrogens is 2. The van der Waals surface area contributed by atoms with Gasteiger partial charge in [-0.15, -0.1) is 0 Å². The molecule has 0 spiro atoms. The molecule has 0 fully saturated rings. The van der Waals surface area contributed by atoms with Crippen LogP contribution in [0.2, 0.25) is 5.02 Å². The lowest BCUT2D eigenvalue weighted by atomic mass is 10.0. The first-order chi connectivity index (χ1) is 12.3. The average molecular weight is 343 g/mol. The van der Waals surface area contributed by atoms with Crippen molar-refractivity contribution in [2.24, 2.45) is 0 Å². The molecule has 1 aliphatic carbocycles. The van der Waals surface area contributed by atoms with Crippen LogP contribution in [0.5, 0.6) is 0 Å². The molecule has 1 aromatic heterocycles. The van der Waals surface area contributed by atoms with E-state index in [4.69, 9.17) is 16.7 Å². The number of halogens is 1. The predicted octanol–water partition coefficient (Wildman–Crippen LogP) is 5.76. The van der Waals surface area contributed by atoms with Crippen molar-refractivity contribution in [2.75, 3.05) is 0 Å². The van der Waals surface area contributed by atoms with Crippen molar-refractivity contribution >= 4 is 11.6 Å². The zero-order chi connectivity index (χ0) is 16.8. The van der Waals surface area contributed by atoms with Gasteiger partial charge in [0.25, 0.3) is 0 Å². The standard InChI is InChI=1S/C22H15ClN2/c23-17-12-10-15(11-13-17)22-20-14-16-6-4-5-9-19(16)21(20)24-25(22)18-7-2-1-3-8-18/h1-13H,14H2. The van der Waals surface area contributed by atoms with Crippen LogP contribution in [0.1, 0.15) is 11.1 Å². The van der Waals surface area contributed by atoms with Crippen molar-refractivity contribution in [1.29, 1.82) is 0 Å². The van der Waals surface area contributed by atoms with Gasteiger partial charge < -0.3 is 0 Å². The molecular weight excluding hydrogens is 328 g/mol. The first kappa shape index (κ1) is 14.5. The Hall–Kier alpha value is -2.84. The fourth-order valence-corrected chi connectivity index (χ4v) is 3.72. The third-order valence-electron chi connectivity index (χ3n) is 4.74. The van der Waals surface area contributed by atoms with Crippen molar-refractivity contribution in [2.45, 2.75) is 6.42 Å². The Kier molecular flexibility index (Phi) is 3.25. The maximum Gasteiger partial charge on any atom is 0.0972 e. The van der Waals surface area contributed by atoms with Gasteiger partial charge >= 0.3 is 0 Å². The average Bonchev–Trinajstić information content (AvgIpc) is 3.19. The molecule has 0 N–H and O–H groups in total. The number of hydrogen-bond donors (Lipinski definition) is 0. The van der Waals surface area contributed by atoms with E-state index >= 15 is 0 Å². The van der Waals surface area contributed by atoms with E-state index in [0.717, 1.165) is 34.1 Å². The van der Waals surface area contributed by atoms with Crippen LogP contribution in [-0.2, 0) is 6.42 Å². The van der Waals surface area contributed by atoms with E-state index in [0.29, 0.717) is 0 Å². The lowest BCUT2D eigenvalue weighted by Crippen LogP contribution is -2.01. The highest BCUT2D eigenvalue weighted by atomic mass is 35.5. The van der Waals surface area contributed by atoms with Crippen LogP contribution in [0.3, 0.4) is 0 Å². The smallest absolute Gasteiger partial charge is 0.0972 e. The molecule has 1 heterocycles. The van der Waals surface area contributed by atoms with Crippen LogP contribution in [0.4, 0.5) is 0 Å². The molecule has 0 saturated heterocycles. The molecule has 1 aliphatic rings. The monoisotopic (exact) mass is 342 g/mol. The minimum absolute atomic E-state index is 0.745. The van der Waals surface area contributed by atoms with Gasteiger partial charge in [-0.3, -0.25) is 0 Å². The number of benzene rings is 3. The highest BCUT2D eigenvalue weighted by molar-refractivity contribution is 6.30. The molecule has 0 saturated carbocycles. The molecule has 0 radical (unpaired) electrons. The van der Waals surface area contributed by atoms with Crippen molar-refractivity contribution in [1.82, 2.24) is 9.78 Å². The molecule has 0 bridgehead atoms. The second-order valence-corrected chi connectivity index (χ2v) is 6.70. The van der Waals surface area contributed by atoms with E-state index in [-0.39, 0.29) is 0 Å². The van der Waals surface area contributed by atoms with Gasteiger partial charge in [-0.2, -0.15) is 5.10 Å². The summed E-state index contributed by atoms with van der Waals surface area (Å²) in [6.45, 7) is 0. The molecule has 5 rings (SSSR count). The summed E-state index contributed by atoms with van der Waals surface area (Å²) in [6.07, 6.45) is 0.913.